The van der Waals surface area contributed by atoms with Crippen molar-refractivity contribution in [2.24, 2.45) is 52.1 Å². The SMILES string of the molecule is CC(CN)C(=O)O[C@H]1CC[C@@]2(C)C(C1)C(C=O)C[C@@H]1[C@@H]2CC[C@]2(C)C(=O)CC[C@@H]12. The third-order valence-electron chi connectivity index (χ3n) is 9.64. The summed E-state index contributed by atoms with van der Waals surface area (Å²) in [5, 5.41) is 0. The van der Waals surface area contributed by atoms with Crippen LogP contribution in [0.15, 0.2) is 0 Å². The summed E-state index contributed by atoms with van der Waals surface area (Å²) in [4.78, 5) is 37.0. The molecule has 0 aromatic rings. The van der Waals surface area contributed by atoms with Crippen LogP contribution >= 0.6 is 0 Å². The Balaban J connectivity index is 1.55. The van der Waals surface area contributed by atoms with E-state index in [-0.39, 0.29) is 40.7 Å². The Kier molecular flexibility index (Phi) is 5.42. The van der Waals surface area contributed by atoms with Crippen LogP contribution in [0.1, 0.15) is 72.1 Å². The van der Waals surface area contributed by atoms with Gasteiger partial charge in [-0.1, -0.05) is 20.8 Å². The van der Waals surface area contributed by atoms with Gasteiger partial charge in [0.25, 0.3) is 0 Å². The number of aldehydes is 1. The van der Waals surface area contributed by atoms with Gasteiger partial charge in [-0.05, 0) is 74.0 Å². The van der Waals surface area contributed by atoms with Gasteiger partial charge in [0.05, 0.1) is 5.92 Å². The van der Waals surface area contributed by atoms with Crippen LogP contribution in [0.2, 0.25) is 0 Å². The lowest BCUT2D eigenvalue weighted by atomic mass is 9.43. The van der Waals surface area contributed by atoms with Crippen LogP contribution in [0.3, 0.4) is 0 Å². The molecule has 2 N–H and O–H groups in total. The van der Waals surface area contributed by atoms with E-state index in [0.29, 0.717) is 36.5 Å². The van der Waals surface area contributed by atoms with E-state index in [9.17, 15) is 14.4 Å². The van der Waals surface area contributed by atoms with Crippen LogP contribution in [-0.2, 0) is 19.1 Å². The molecule has 5 nitrogen and oxygen atoms in total. The minimum atomic E-state index is -0.281. The molecule has 0 amide bonds. The van der Waals surface area contributed by atoms with E-state index in [2.05, 4.69) is 13.8 Å². The van der Waals surface area contributed by atoms with Crippen molar-refractivity contribution in [3.8, 4) is 0 Å². The van der Waals surface area contributed by atoms with Crippen LogP contribution in [0.25, 0.3) is 0 Å². The zero-order chi connectivity index (χ0) is 21.0. The maximum Gasteiger partial charge on any atom is 0.310 e. The lowest BCUT2D eigenvalue weighted by Crippen LogP contribution is -2.57. The van der Waals surface area contributed by atoms with Crippen molar-refractivity contribution in [2.45, 2.75) is 78.2 Å². The average molecular weight is 404 g/mol. The van der Waals surface area contributed by atoms with Gasteiger partial charge in [-0.15, -0.1) is 0 Å². The van der Waals surface area contributed by atoms with Gasteiger partial charge in [0.1, 0.15) is 18.2 Å². The number of ketones is 1. The molecule has 5 heteroatoms. The smallest absolute Gasteiger partial charge is 0.310 e. The summed E-state index contributed by atoms with van der Waals surface area (Å²) in [6.45, 7) is 6.66. The van der Waals surface area contributed by atoms with E-state index < -0.39 is 0 Å². The summed E-state index contributed by atoms with van der Waals surface area (Å²) < 4.78 is 5.79. The number of carbonyl (C=O) groups excluding carboxylic acids is 3. The van der Waals surface area contributed by atoms with E-state index in [4.69, 9.17) is 10.5 Å². The third-order valence-corrected chi connectivity index (χ3v) is 9.64. The lowest BCUT2D eigenvalue weighted by molar-refractivity contribution is -0.172. The third kappa shape index (κ3) is 3.19. The highest BCUT2D eigenvalue weighted by Crippen LogP contribution is 2.66. The fraction of sp³-hybridized carbons (Fsp3) is 0.875. The van der Waals surface area contributed by atoms with Gasteiger partial charge in [0, 0.05) is 24.3 Å². The molecular weight excluding hydrogens is 366 g/mol. The summed E-state index contributed by atoms with van der Waals surface area (Å²) in [6, 6.07) is 0. The van der Waals surface area contributed by atoms with Crippen LogP contribution in [0.5, 0.6) is 0 Å². The fourth-order valence-corrected chi connectivity index (χ4v) is 7.77. The Morgan fingerprint density at radius 2 is 1.93 bits per heavy atom. The number of nitrogens with two attached hydrogens (primary N) is 1. The number of fused-ring (bicyclic) bond motifs is 5. The molecule has 0 spiro atoms. The maximum absolute atomic E-state index is 12.6. The Morgan fingerprint density at radius 1 is 1.17 bits per heavy atom. The summed E-state index contributed by atoms with van der Waals surface area (Å²) in [5.41, 5.74) is 5.55. The number of ether oxygens (including phenoxy) is 1. The number of esters is 1. The van der Waals surface area contributed by atoms with Crippen LogP contribution in [-0.4, -0.2) is 30.7 Å². The molecule has 0 saturated heterocycles. The minimum absolute atomic E-state index is 0.00716. The fourth-order valence-electron chi connectivity index (χ4n) is 7.77. The highest BCUT2D eigenvalue weighted by molar-refractivity contribution is 5.87. The summed E-state index contributed by atoms with van der Waals surface area (Å²) in [5.74, 6) is 1.72. The molecule has 0 radical (unpaired) electrons. The Labute approximate surface area is 174 Å². The first-order valence-electron chi connectivity index (χ1n) is 11.6. The number of carbonyl (C=O) groups is 3. The molecule has 0 aliphatic heterocycles. The molecule has 4 aliphatic carbocycles. The Bertz CT molecular complexity index is 692. The van der Waals surface area contributed by atoms with Gasteiger partial charge in [0.15, 0.2) is 0 Å². The van der Waals surface area contributed by atoms with E-state index in [0.717, 1.165) is 51.2 Å². The average Bonchev–Trinajstić information content (AvgIpc) is 3.02. The van der Waals surface area contributed by atoms with Crippen molar-refractivity contribution in [2.75, 3.05) is 6.54 Å². The predicted molar refractivity (Wildman–Crippen MR) is 110 cm³/mol. The zero-order valence-electron chi connectivity index (χ0n) is 18.2. The first kappa shape index (κ1) is 21.0. The van der Waals surface area contributed by atoms with Gasteiger partial charge < -0.3 is 15.3 Å². The van der Waals surface area contributed by atoms with Crippen LogP contribution in [0.4, 0.5) is 0 Å². The molecule has 4 fully saturated rings. The number of rotatable bonds is 4. The molecule has 3 unspecified atom stereocenters. The lowest BCUT2D eigenvalue weighted by Gasteiger charge is -2.61. The van der Waals surface area contributed by atoms with Gasteiger partial charge in [-0.2, -0.15) is 0 Å². The Hall–Kier alpha value is -1.23. The van der Waals surface area contributed by atoms with E-state index in [1.807, 2.05) is 0 Å². The normalized spacial score (nSPS) is 47.5. The van der Waals surface area contributed by atoms with E-state index >= 15 is 0 Å². The molecule has 4 aliphatic rings. The molecule has 162 valence electrons. The first-order chi connectivity index (χ1) is 13.7. The monoisotopic (exact) mass is 403 g/mol. The van der Waals surface area contributed by atoms with Crippen molar-refractivity contribution in [3.05, 3.63) is 0 Å². The van der Waals surface area contributed by atoms with Crippen molar-refractivity contribution in [1.82, 2.24) is 0 Å². The maximum atomic E-state index is 12.6. The van der Waals surface area contributed by atoms with Crippen molar-refractivity contribution >= 4 is 18.0 Å². The zero-order valence-corrected chi connectivity index (χ0v) is 18.2. The Morgan fingerprint density at radius 3 is 2.62 bits per heavy atom. The molecule has 0 bridgehead atoms. The van der Waals surface area contributed by atoms with Crippen molar-refractivity contribution in [3.63, 3.8) is 0 Å². The molecule has 4 saturated carbocycles. The molecule has 0 aromatic heterocycles. The van der Waals surface area contributed by atoms with Crippen molar-refractivity contribution in [1.29, 1.82) is 0 Å². The summed E-state index contributed by atoms with van der Waals surface area (Å²) in [6.07, 6.45) is 8.42. The van der Waals surface area contributed by atoms with E-state index in [1.54, 1.807) is 6.92 Å². The highest BCUT2D eigenvalue weighted by atomic mass is 16.5. The van der Waals surface area contributed by atoms with Crippen molar-refractivity contribution < 1.29 is 19.1 Å². The number of hydrogen-bond acceptors (Lipinski definition) is 5. The van der Waals surface area contributed by atoms with Crippen LogP contribution < -0.4 is 5.73 Å². The molecule has 4 rings (SSSR count). The summed E-state index contributed by atoms with van der Waals surface area (Å²) in [7, 11) is 0. The molecule has 9 atom stereocenters. The largest absolute Gasteiger partial charge is 0.462 e. The quantitative estimate of drug-likeness (QED) is 0.573. The second-order valence-corrected chi connectivity index (χ2v) is 10.9. The molecule has 29 heavy (non-hydrogen) atoms. The predicted octanol–water partition coefficient (Wildman–Crippen LogP) is 3.53. The second-order valence-electron chi connectivity index (χ2n) is 10.9. The van der Waals surface area contributed by atoms with Crippen LogP contribution in [0, 0.1) is 46.3 Å². The van der Waals surface area contributed by atoms with Gasteiger partial charge in [-0.25, -0.2) is 0 Å². The highest BCUT2D eigenvalue weighted by Gasteiger charge is 2.62. The summed E-state index contributed by atoms with van der Waals surface area (Å²) >= 11 is 0. The van der Waals surface area contributed by atoms with Gasteiger partial charge in [0.2, 0.25) is 0 Å². The molecule has 0 heterocycles. The molecule has 0 aromatic carbocycles. The number of hydrogen-bond donors (Lipinski definition) is 1. The van der Waals surface area contributed by atoms with E-state index in [1.165, 1.54) is 0 Å². The number of Topliss-reactive ketones (excluding diaryl/α,β-unsaturated/α-hetero) is 1. The second kappa shape index (κ2) is 7.47. The van der Waals surface area contributed by atoms with Gasteiger partial charge in [-0.3, -0.25) is 9.59 Å². The first-order valence-corrected chi connectivity index (χ1v) is 11.6. The minimum Gasteiger partial charge on any atom is -0.462 e. The topological polar surface area (TPSA) is 86.5 Å². The molecular formula is C24H37NO4. The standard InChI is InChI=1S/C24H37NO4/c1-14(12-25)22(28)29-16-6-8-23(2)19-7-9-24(3)18(4-5-21(24)27)17(19)10-15(13-26)20(23)11-16/h13-20H,4-12,25H2,1-3H3/t14?,15?,16-,17-,18-,19-,20?,23+,24-/m0/s1. The van der Waals surface area contributed by atoms with Gasteiger partial charge >= 0.3 is 5.97 Å².